The number of nitrogens with zero attached hydrogens (tertiary/aromatic N) is 3. The molecular weight excluding hydrogens is 609 g/mol. The molecule has 11 heteroatoms. The highest BCUT2D eigenvalue weighted by molar-refractivity contribution is 6.03. The second-order valence-electron chi connectivity index (χ2n) is 11.8. The van der Waals surface area contributed by atoms with Crippen molar-refractivity contribution >= 4 is 34.2 Å². The Morgan fingerprint density at radius 3 is 2.38 bits per heavy atom. The average Bonchev–Trinajstić information content (AvgIpc) is 3.17. The minimum atomic E-state index is -4.52. The number of halogens is 3. The first-order valence-corrected chi connectivity index (χ1v) is 15.3. The number of carbonyl (C=O) groups is 3. The van der Waals surface area contributed by atoms with Crippen molar-refractivity contribution in [3.63, 3.8) is 0 Å². The highest BCUT2D eigenvalue weighted by Gasteiger charge is 2.47. The molecule has 0 spiro atoms. The third kappa shape index (κ3) is 6.71. The van der Waals surface area contributed by atoms with Crippen molar-refractivity contribution in [1.82, 2.24) is 14.9 Å². The number of hydrazine groups is 1. The van der Waals surface area contributed by atoms with Crippen LogP contribution in [0.15, 0.2) is 103 Å². The molecule has 0 bridgehead atoms. The van der Waals surface area contributed by atoms with Gasteiger partial charge in [0.25, 0.3) is 0 Å². The second kappa shape index (κ2) is 12.9. The zero-order chi connectivity index (χ0) is 33.3. The summed E-state index contributed by atoms with van der Waals surface area (Å²) in [5, 5.41) is 17.5. The summed E-state index contributed by atoms with van der Waals surface area (Å²) in [5.41, 5.74) is 1.64. The van der Waals surface area contributed by atoms with Crippen molar-refractivity contribution in [3.8, 4) is 5.75 Å². The molecule has 6 rings (SSSR count). The van der Waals surface area contributed by atoms with Crippen molar-refractivity contribution in [2.24, 2.45) is 0 Å². The molecule has 2 saturated heterocycles. The summed E-state index contributed by atoms with van der Waals surface area (Å²) < 4.78 is 39.3. The third-order valence-electron chi connectivity index (χ3n) is 8.74. The topological polar surface area (TPSA) is 93.2 Å². The van der Waals surface area contributed by atoms with E-state index in [1.807, 2.05) is 48.5 Å². The molecule has 0 saturated carbocycles. The summed E-state index contributed by atoms with van der Waals surface area (Å²) in [7, 11) is 1.58. The SMILES string of the molecule is CN1CC(=O)N2[C@@H](Cc3ccc(O)cc3)C(=O)/C(=C\Cc3cccc4ccccc34)CC[C@@H]2N1C(=O)Nc1ccc(C(F)(F)F)cc1. The van der Waals surface area contributed by atoms with E-state index in [1.165, 1.54) is 39.2 Å². The number of likely N-dealkylation sites (N-methyl/N-ethyl adjacent to an activating group) is 1. The van der Waals surface area contributed by atoms with Gasteiger partial charge in [-0.3, -0.25) is 9.59 Å². The van der Waals surface area contributed by atoms with Gasteiger partial charge in [0.05, 0.1) is 12.1 Å². The maximum atomic E-state index is 14.3. The zero-order valence-corrected chi connectivity index (χ0v) is 25.6. The predicted molar refractivity (Wildman–Crippen MR) is 171 cm³/mol. The minimum absolute atomic E-state index is 0.0660. The highest BCUT2D eigenvalue weighted by atomic mass is 19.4. The van der Waals surface area contributed by atoms with E-state index in [9.17, 15) is 32.7 Å². The molecule has 242 valence electrons. The summed E-state index contributed by atoms with van der Waals surface area (Å²) in [4.78, 5) is 43.2. The number of benzene rings is 4. The smallest absolute Gasteiger partial charge is 0.416 e. The van der Waals surface area contributed by atoms with Crippen LogP contribution in [0.5, 0.6) is 5.75 Å². The van der Waals surface area contributed by atoms with Crippen LogP contribution in [0.25, 0.3) is 10.8 Å². The number of allylic oxidation sites excluding steroid dienone is 1. The van der Waals surface area contributed by atoms with Gasteiger partial charge in [-0.15, -0.1) is 0 Å². The van der Waals surface area contributed by atoms with Crippen molar-refractivity contribution in [3.05, 3.63) is 119 Å². The minimum Gasteiger partial charge on any atom is -0.508 e. The Kier molecular flexibility index (Phi) is 8.74. The number of nitrogens with one attached hydrogen (secondary N) is 1. The Balaban J connectivity index is 1.33. The lowest BCUT2D eigenvalue weighted by atomic mass is 9.94. The first-order chi connectivity index (χ1) is 22.5. The van der Waals surface area contributed by atoms with E-state index in [0.717, 1.165) is 34.0 Å². The molecule has 3 amide bonds. The molecule has 0 unspecified atom stereocenters. The van der Waals surface area contributed by atoms with Crippen LogP contribution < -0.4 is 5.32 Å². The van der Waals surface area contributed by atoms with Crippen molar-refractivity contribution in [1.29, 1.82) is 0 Å². The van der Waals surface area contributed by atoms with Gasteiger partial charge in [0, 0.05) is 19.2 Å². The molecule has 47 heavy (non-hydrogen) atoms. The lowest BCUT2D eigenvalue weighted by Gasteiger charge is -2.49. The standard InChI is InChI=1S/C36H33F3N4O4/c1-41-22-33(45)42-31(21-23-9-18-29(44)19-10-23)34(46)26(12-11-25-7-4-6-24-5-2-3-8-30(24)25)13-20-32(42)43(41)35(47)40-28-16-14-27(15-17-28)36(37,38)39/h2-10,12,14-19,31-32,44H,11,13,20-22H2,1H3,(H,40,47)/b26-12-/t31-,32-/m0/s1. The number of amides is 3. The molecule has 8 nitrogen and oxygen atoms in total. The van der Waals surface area contributed by atoms with Crippen LogP contribution in [-0.4, -0.2) is 63.5 Å². The Bertz CT molecular complexity index is 1830. The van der Waals surface area contributed by atoms with Crippen molar-refractivity contribution in [2.75, 3.05) is 18.9 Å². The lowest BCUT2D eigenvalue weighted by Crippen LogP contribution is -2.68. The van der Waals surface area contributed by atoms with E-state index in [1.54, 1.807) is 19.2 Å². The lowest BCUT2D eigenvalue weighted by molar-refractivity contribution is -0.168. The van der Waals surface area contributed by atoms with Crippen LogP contribution in [0.2, 0.25) is 0 Å². The summed E-state index contributed by atoms with van der Waals surface area (Å²) in [6.45, 7) is -0.189. The molecule has 2 fully saturated rings. The normalized spacial score (nSPS) is 20.0. The fourth-order valence-electron chi connectivity index (χ4n) is 6.42. The summed E-state index contributed by atoms with van der Waals surface area (Å²) in [6, 6.07) is 23.0. The molecule has 2 aliphatic rings. The number of rotatable bonds is 5. The third-order valence-corrected chi connectivity index (χ3v) is 8.74. The first kappa shape index (κ1) is 31.8. The van der Waals surface area contributed by atoms with Gasteiger partial charge in [0.15, 0.2) is 5.78 Å². The Labute approximate surface area is 269 Å². The van der Waals surface area contributed by atoms with E-state index in [4.69, 9.17) is 0 Å². The molecular formula is C36H33F3N4O4. The van der Waals surface area contributed by atoms with Gasteiger partial charge in [-0.25, -0.2) is 14.8 Å². The molecule has 0 aromatic heterocycles. The number of phenolic OH excluding ortho intramolecular Hbond substituents is 1. The van der Waals surface area contributed by atoms with Gasteiger partial charge >= 0.3 is 12.2 Å². The number of hydrogen-bond donors (Lipinski definition) is 2. The number of phenols is 1. The Hall–Kier alpha value is -5.16. The van der Waals surface area contributed by atoms with Crippen LogP contribution in [0, 0.1) is 0 Å². The number of hydrogen-bond acceptors (Lipinski definition) is 5. The van der Waals surface area contributed by atoms with Crippen LogP contribution in [0.3, 0.4) is 0 Å². The highest BCUT2D eigenvalue weighted by Crippen LogP contribution is 2.33. The van der Waals surface area contributed by atoms with Crippen LogP contribution in [0.1, 0.15) is 29.5 Å². The Morgan fingerprint density at radius 2 is 1.66 bits per heavy atom. The predicted octanol–water partition coefficient (Wildman–Crippen LogP) is 6.56. The number of anilines is 1. The summed E-state index contributed by atoms with van der Waals surface area (Å²) >= 11 is 0. The van der Waals surface area contributed by atoms with E-state index >= 15 is 0 Å². The van der Waals surface area contributed by atoms with Crippen LogP contribution in [-0.2, 0) is 28.6 Å². The fourth-order valence-corrected chi connectivity index (χ4v) is 6.42. The maximum absolute atomic E-state index is 14.3. The summed E-state index contributed by atoms with van der Waals surface area (Å²) in [6.07, 6.45) is -2.25. The average molecular weight is 643 g/mol. The number of aromatic hydroxyl groups is 1. The van der Waals surface area contributed by atoms with E-state index in [-0.39, 0.29) is 42.5 Å². The largest absolute Gasteiger partial charge is 0.508 e. The number of Topliss-reactive ketones (excluding diaryl/α,β-unsaturated/α-hetero) is 1. The molecule has 0 radical (unpaired) electrons. The van der Waals surface area contributed by atoms with E-state index < -0.39 is 30.0 Å². The van der Waals surface area contributed by atoms with Crippen molar-refractivity contribution < 1.29 is 32.7 Å². The van der Waals surface area contributed by atoms with Crippen molar-refractivity contribution in [2.45, 2.75) is 44.1 Å². The van der Waals surface area contributed by atoms with Gasteiger partial charge < -0.3 is 15.3 Å². The molecule has 0 aliphatic carbocycles. The van der Waals surface area contributed by atoms with Crippen LogP contribution >= 0.6 is 0 Å². The number of urea groups is 1. The molecule has 2 heterocycles. The number of carbonyl (C=O) groups excluding carboxylic acids is 3. The van der Waals surface area contributed by atoms with E-state index in [0.29, 0.717) is 18.4 Å². The zero-order valence-electron chi connectivity index (χ0n) is 25.6. The number of alkyl halides is 3. The van der Waals surface area contributed by atoms with Crippen LogP contribution in [0.4, 0.5) is 23.7 Å². The second-order valence-corrected chi connectivity index (χ2v) is 11.8. The molecule has 4 aromatic carbocycles. The van der Waals surface area contributed by atoms with Gasteiger partial charge in [-0.1, -0.05) is 60.7 Å². The monoisotopic (exact) mass is 642 g/mol. The van der Waals surface area contributed by atoms with Gasteiger partial charge in [0.1, 0.15) is 18.0 Å². The number of fused-ring (bicyclic) bond motifs is 2. The molecule has 4 aromatic rings. The quantitative estimate of drug-likeness (QED) is 0.241. The Morgan fingerprint density at radius 1 is 0.957 bits per heavy atom. The van der Waals surface area contributed by atoms with Gasteiger partial charge in [-0.05, 0) is 83.1 Å². The molecule has 2 atom stereocenters. The fraction of sp³-hybridized carbons (Fsp3) is 0.250. The van der Waals surface area contributed by atoms with E-state index in [2.05, 4.69) is 5.32 Å². The van der Waals surface area contributed by atoms with Gasteiger partial charge in [0.2, 0.25) is 5.91 Å². The van der Waals surface area contributed by atoms with Gasteiger partial charge in [-0.2, -0.15) is 13.2 Å². The summed E-state index contributed by atoms with van der Waals surface area (Å²) in [5.74, 6) is -0.485. The first-order valence-electron chi connectivity index (χ1n) is 15.3. The number of ketones is 1. The maximum Gasteiger partial charge on any atom is 0.416 e. The molecule has 2 N–H and O–H groups in total. The molecule has 2 aliphatic heterocycles.